The molecule has 142 valence electrons. The Kier molecular flexibility index (Phi) is 4.14. The number of hydrogen-bond acceptors (Lipinski definition) is 6. The fourth-order valence-corrected chi connectivity index (χ4v) is 6.54. The van der Waals surface area contributed by atoms with Gasteiger partial charge in [-0.3, -0.25) is 4.79 Å². The smallest absolute Gasteiger partial charge is 0.268 e. The van der Waals surface area contributed by atoms with E-state index in [1.54, 1.807) is 0 Å². The van der Waals surface area contributed by atoms with Gasteiger partial charge < -0.3 is 11.1 Å². The molecule has 0 aliphatic heterocycles. The van der Waals surface area contributed by atoms with Crippen molar-refractivity contribution < 1.29 is 4.79 Å². The molecule has 3 aromatic heterocycles. The van der Waals surface area contributed by atoms with Gasteiger partial charge in [-0.1, -0.05) is 6.92 Å². The lowest BCUT2D eigenvalue weighted by atomic mass is 9.87. The summed E-state index contributed by atoms with van der Waals surface area (Å²) in [6.45, 7) is 2.26. The molecule has 0 radical (unpaired) electrons. The number of thiophene rings is 2. The van der Waals surface area contributed by atoms with Crippen molar-refractivity contribution in [1.82, 2.24) is 4.98 Å². The summed E-state index contributed by atoms with van der Waals surface area (Å²) in [6.07, 6.45) is 6.15. The van der Waals surface area contributed by atoms with Crippen molar-refractivity contribution in [3.8, 4) is 6.07 Å². The van der Waals surface area contributed by atoms with Crippen molar-refractivity contribution in [2.45, 2.75) is 45.4 Å². The molecule has 1 unspecified atom stereocenters. The van der Waals surface area contributed by atoms with Crippen molar-refractivity contribution >= 4 is 49.5 Å². The normalized spacial score (nSPS) is 17.9. The Bertz CT molecular complexity index is 1170. The molecule has 1 amide bonds. The van der Waals surface area contributed by atoms with Crippen LogP contribution in [0.25, 0.3) is 10.2 Å². The zero-order chi connectivity index (χ0) is 19.4. The molecule has 2 aliphatic rings. The minimum Gasteiger partial charge on any atom is -0.397 e. The van der Waals surface area contributed by atoms with Crippen molar-refractivity contribution in [2.24, 2.45) is 5.92 Å². The molecule has 0 spiro atoms. The molecule has 7 heteroatoms. The van der Waals surface area contributed by atoms with Crippen LogP contribution >= 0.6 is 22.7 Å². The number of nitrogens with zero attached hydrogens (tertiary/aromatic N) is 2. The van der Waals surface area contributed by atoms with E-state index >= 15 is 0 Å². The highest BCUT2D eigenvalue weighted by atomic mass is 32.1. The summed E-state index contributed by atoms with van der Waals surface area (Å²) in [6, 6.07) is 4.39. The van der Waals surface area contributed by atoms with E-state index in [-0.39, 0.29) is 5.91 Å². The monoisotopic (exact) mass is 408 g/mol. The predicted molar refractivity (Wildman–Crippen MR) is 114 cm³/mol. The topological polar surface area (TPSA) is 91.8 Å². The molecule has 3 aromatic rings. The fraction of sp³-hybridized carbons (Fsp3) is 0.381. The van der Waals surface area contributed by atoms with Crippen molar-refractivity contribution in [1.29, 1.82) is 5.26 Å². The molecule has 2 aliphatic carbocycles. The van der Waals surface area contributed by atoms with Gasteiger partial charge in [-0.25, -0.2) is 4.98 Å². The second-order valence-corrected chi connectivity index (χ2v) is 9.87. The van der Waals surface area contributed by atoms with Crippen LogP contribution in [0.4, 0.5) is 10.7 Å². The average molecular weight is 409 g/mol. The highest BCUT2D eigenvalue weighted by Crippen LogP contribution is 2.40. The number of pyridine rings is 1. The first-order chi connectivity index (χ1) is 13.5. The number of nitriles is 1. The quantitative estimate of drug-likeness (QED) is 0.644. The SMILES string of the molecule is CC1CCc2nc3sc(C(=O)Nc4sc5c(c4C#N)CCC5)c(N)c3cc2C1. The second kappa shape index (κ2) is 6.57. The first-order valence-corrected chi connectivity index (χ1v) is 11.2. The number of fused-ring (bicyclic) bond motifs is 3. The number of amides is 1. The third-order valence-corrected chi connectivity index (χ3v) is 8.12. The van der Waals surface area contributed by atoms with Crippen LogP contribution in [-0.2, 0) is 25.7 Å². The summed E-state index contributed by atoms with van der Waals surface area (Å²) in [4.78, 5) is 20.3. The Morgan fingerprint density at radius 1 is 1.36 bits per heavy atom. The highest BCUT2D eigenvalue weighted by Gasteiger charge is 2.26. The number of aromatic nitrogens is 1. The number of carbonyl (C=O) groups is 1. The Labute approximate surface area is 171 Å². The van der Waals surface area contributed by atoms with E-state index in [4.69, 9.17) is 10.7 Å². The van der Waals surface area contributed by atoms with Gasteiger partial charge in [0.15, 0.2) is 0 Å². The molecule has 0 bridgehead atoms. The van der Waals surface area contributed by atoms with Crippen LogP contribution < -0.4 is 11.1 Å². The lowest BCUT2D eigenvalue weighted by Gasteiger charge is -2.20. The molecule has 3 heterocycles. The summed E-state index contributed by atoms with van der Waals surface area (Å²) in [5.74, 6) is 0.405. The van der Waals surface area contributed by atoms with Gasteiger partial charge in [-0.15, -0.1) is 22.7 Å². The number of nitrogens with one attached hydrogen (secondary N) is 1. The Hall–Kier alpha value is -2.43. The summed E-state index contributed by atoms with van der Waals surface area (Å²) in [5.41, 5.74) is 11.0. The molecule has 3 N–H and O–H groups in total. The van der Waals surface area contributed by atoms with Crippen LogP contribution in [0.5, 0.6) is 0 Å². The zero-order valence-corrected chi connectivity index (χ0v) is 17.2. The number of anilines is 2. The van der Waals surface area contributed by atoms with E-state index in [9.17, 15) is 10.1 Å². The molecule has 1 atom stereocenters. The Morgan fingerprint density at radius 3 is 3.04 bits per heavy atom. The molecular weight excluding hydrogens is 388 g/mol. The molecule has 0 saturated heterocycles. The molecule has 0 saturated carbocycles. The number of hydrogen-bond donors (Lipinski definition) is 2. The summed E-state index contributed by atoms with van der Waals surface area (Å²) in [5, 5.41) is 14.0. The minimum absolute atomic E-state index is 0.247. The van der Waals surface area contributed by atoms with Gasteiger partial charge in [0.25, 0.3) is 5.91 Å². The minimum atomic E-state index is -0.247. The third kappa shape index (κ3) is 2.71. The van der Waals surface area contributed by atoms with Crippen molar-refractivity contribution in [2.75, 3.05) is 11.1 Å². The third-order valence-electron chi connectivity index (χ3n) is 5.80. The number of nitrogen functional groups attached to an aromatic ring is 1. The highest BCUT2D eigenvalue weighted by molar-refractivity contribution is 7.21. The maximum Gasteiger partial charge on any atom is 0.268 e. The molecule has 0 aromatic carbocycles. The Balaban J connectivity index is 1.50. The van der Waals surface area contributed by atoms with E-state index in [0.29, 0.717) is 27.0 Å². The van der Waals surface area contributed by atoms with Crippen LogP contribution in [0.3, 0.4) is 0 Å². The second-order valence-electron chi connectivity index (χ2n) is 7.77. The van der Waals surface area contributed by atoms with Gasteiger partial charge in [0.1, 0.15) is 20.8 Å². The lowest BCUT2D eigenvalue weighted by Crippen LogP contribution is -2.13. The number of nitrogens with two attached hydrogens (primary N) is 1. The molecule has 5 nitrogen and oxygen atoms in total. The van der Waals surface area contributed by atoms with E-state index in [1.165, 1.54) is 33.1 Å². The van der Waals surface area contributed by atoms with Gasteiger partial charge in [0.2, 0.25) is 0 Å². The summed E-state index contributed by atoms with van der Waals surface area (Å²) in [7, 11) is 0. The van der Waals surface area contributed by atoms with Gasteiger partial charge in [-0.05, 0) is 61.6 Å². The van der Waals surface area contributed by atoms with Gasteiger partial charge in [0.05, 0.1) is 11.3 Å². The van der Waals surface area contributed by atoms with Gasteiger partial charge in [-0.2, -0.15) is 5.26 Å². The van der Waals surface area contributed by atoms with E-state index in [2.05, 4.69) is 24.4 Å². The van der Waals surface area contributed by atoms with E-state index < -0.39 is 0 Å². The van der Waals surface area contributed by atoms with E-state index in [1.807, 2.05) is 0 Å². The summed E-state index contributed by atoms with van der Waals surface area (Å²) >= 11 is 2.87. The van der Waals surface area contributed by atoms with Crippen LogP contribution in [0.15, 0.2) is 6.07 Å². The lowest BCUT2D eigenvalue weighted by molar-refractivity contribution is 0.103. The Morgan fingerprint density at radius 2 is 2.21 bits per heavy atom. The number of aryl methyl sites for hydroxylation is 2. The van der Waals surface area contributed by atoms with Gasteiger partial charge >= 0.3 is 0 Å². The number of carbonyl (C=O) groups excluding carboxylic acids is 1. The van der Waals surface area contributed by atoms with Crippen molar-refractivity contribution in [3.05, 3.63) is 38.2 Å². The van der Waals surface area contributed by atoms with Gasteiger partial charge in [0, 0.05) is 16.0 Å². The van der Waals surface area contributed by atoms with Crippen LogP contribution in [0.1, 0.15) is 56.7 Å². The molecule has 5 rings (SSSR count). The molecular formula is C21H20N4OS2. The van der Waals surface area contributed by atoms with E-state index in [0.717, 1.165) is 60.0 Å². The molecule has 28 heavy (non-hydrogen) atoms. The van der Waals surface area contributed by atoms with Crippen molar-refractivity contribution in [3.63, 3.8) is 0 Å². The van der Waals surface area contributed by atoms with Crippen LogP contribution in [-0.4, -0.2) is 10.9 Å². The number of rotatable bonds is 2. The maximum absolute atomic E-state index is 13.0. The zero-order valence-electron chi connectivity index (χ0n) is 15.6. The van der Waals surface area contributed by atoms with Crippen LogP contribution in [0.2, 0.25) is 0 Å². The first kappa shape index (κ1) is 17.7. The summed E-state index contributed by atoms with van der Waals surface area (Å²) < 4.78 is 0. The maximum atomic E-state index is 13.0. The predicted octanol–water partition coefficient (Wildman–Crippen LogP) is 4.68. The standard InChI is InChI=1S/C21H20N4OS2/c1-10-5-6-15-11(7-10)8-13-17(23)18(28-20(13)24-15)19(26)25-21-14(9-22)12-3-2-4-16(12)27-21/h8,10H,2-7,23H2,1H3,(H,25,26). The van der Waals surface area contributed by atoms with Crippen LogP contribution in [0, 0.1) is 17.2 Å². The first-order valence-electron chi connectivity index (χ1n) is 9.62. The average Bonchev–Trinajstić information content (AvgIpc) is 3.33. The fourth-order valence-electron chi connectivity index (χ4n) is 4.31. The largest absolute Gasteiger partial charge is 0.397 e. The molecule has 0 fully saturated rings.